The Kier molecular flexibility index (Phi) is 3.81. The van der Waals surface area contributed by atoms with E-state index in [9.17, 15) is 0 Å². The molecule has 1 nitrogen and oxygen atoms in total. The summed E-state index contributed by atoms with van der Waals surface area (Å²) in [7, 11) is 0. The maximum atomic E-state index is 5.64. The van der Waals surface area contributed by atoms with E-state index in [0.717, 1.165) is 5.69 Å². The summed E-state index contributed by atoms with van der Waals surface area (Å²) in [6.07, 6.45) is 3.75. The molecule has 1 aromatic rings. The SMILES string of the molecule is CCCC(CC)c1ccc(N)cc1. The lowest BCUT2D eigenvalue weighted by molar-refractivity contribution is 0.596. The van der Waals surface area contributed by atoms with Gasteiger partial charge in [0.15, 0.2) is 0 Å². The predicted molar refractivity (Wildman–Crippen MR) is 58.8 cm³/mol. The second kappa shape index (κ2) is 4.90. The number of nitrogen functional groups attached to an aromatic ring is 1. The Bertz CT molecular complexity index is 238. The number of hydrogen-bond donors (Lipinski definition) is 1. The van der Waals surface area contributed by atoms with E-state index in [1.807, 2.05) is 12.1 Å². The van der Waals surface area contributed by atoms with Crippen LogP contribution in [0.1, 0.15) is 44.6 Å². The second-order valence-corrected chi connectivity index (χ2v) is 3.56. The first kappa shape index (κ1) is 10.1. The zero-order valence-electron chi connectivity index (χ0n) is 8.59. The number of hydrogen-bond acceptors (Lipinski definition) is 1. The van der Waals surface area contributed by atoms with Gasteiger partial charge in [0.05, 0.1) is 0 Å². The Morgan fingerprint density at radius 2 is 1.77 bits per heavy atom. The lowest BCUT2D eigenvalue weighted by atomic mass is 9.92. The molecule has 0 aromatic heterocycles. The fourth-order valence-corrected chi connectivity index (χ4v) is 1.72. The van der Waals surface area contributed by atoms with Gasteiger partial charge in [-0.2, -0.15) is 0 Å². The molecule has 2 N–H and O–H groups in total. The Balaban J connectivity index is 2.73. The van der Waals surface area contributed by atoms with E-state index in [2.05, 4.69) is 26.0 Å². The molecule has 1 atom stereocenters. The maximum Gasteiger partial charge on any atom is 0.0314 e. The minimum absolute atomic E-state index is 0.714. The van der Waals surface area contributed by atoms with Gasteiger partial charge in [0.2, 0.25) is 0 Å². The van der Waals surface area contributed by atoms with Gasteiger partial charge in [-0.15, -0.1) is 0 Å². The number of rotatable bonds is 4. The van der Waals surface area contributed by atoms with Crippen molar-refractivity contribution in [1.82, 2.24) is 0 Å². The summed E-state index contributed by atoms with van der Waals surface area (Å²) >= 11 is 0. The van der Waals surface area contributed by atoms with Crippen molar-refractivity contribution in [2.24, 2.45) is 0 Å². The fraction of sp³-hybridized carbons (Fsp3) is 0.500. The second-order valence-electron chi connectivity index (χ2n) is 3.56. The Labute approximate surface area is 81.0 Å². The first-order valence-corrected chi connectivity index (χ1v) is 5.13. The molecule has 1 unspecified atom stereocenters. The molecule has 72 valence electrons. The Morgan fingerprint density at radius 3 is 2.23 bits per heavy atom. The van der Waals surface area contributed by atoms with Gasteiger partial charge in [0.25, 0.3) is 0 Å². The minimum atomic E-state index is 0.714. The molecule has 0 saturated carbocycles. The molecule has 13 heavy (non-hydrogen) atoms. The van der Waals surface area contributed by atoms with Crippen molar-refractivity contribution >= 4 is 5.69 Å². The summed E-state index contributed by atoms with van der Waals surface area (Å²) in [5.74, 6) is 0.714. The normalized spacial score (nSPS) is 12.8. The Hall–Kier alpha value is -0.980. The zero-order valence-corrected chi connectivity index (χ0v) is 8.59. The number of anilines is 1. The number of nitrogens with two attached hydrogens (primary N) is 1. The summed E-state index contributed by atoms with van der Waals surface area (Å²) in [6.45, 7) is 4.48. The monoisotopic (exact) mass is 177 g/mol. The summed E-state index contributed by atoms with van der Waals surface area (Å²) in [4.78, 5) is 0. The van der Waals surface area contributed by atoms with E-state index >= 15 is 0 Å². The molecule has 1 heteroatoms. The van der Waals surface area contributed by atoms with E-state index in [0.29, 0.717) is 5.92 Å². The van der Waals surface area contributed by atoms with Gasteiger partial charge < -0.3 is 5.73 Å². The first-order chi connectivity index (χ1) is 6.27. The van der Waals surface area contributed by atoms with Crippen molar-refractivity contribution < 1.29 is 0 Å². The highest BCUT2D eigenvalue weighted by Crippen LogP contribution is 2.24. The van der Waals surface area contributed by atoms with Gasteiger partial charge in [0.1, 0.15) is 0 Å². The van der Waals surface area contributed by atoms with E-state index in [4.69, 9.17) is 5.73 Å². The lowest BCUT2D eigenvalue weighted by Gasteiger charge is -2.13. The van der Waals surface area contributed by atoms with Crippen LogP contribution in [0.4, 0.5) is 5.69 Å². The highest BCUT2D eigenvalue weighted by molar-refractivity contribution is 5.40. The van der Waals surface area contributed by atoms with E-state index in [1.165, 1.54) is 24.8 Å². The first-order valence-electron chi connectivity index (χ1n) is 5.13. The van der Waals surface area contributed by atoms with Gasteiger partial charge in [-0.1, -0.05) is 32.4 Å². The van der Waals surface area contributed by atoms with Crippen molar-refractivity contribution in [3.63, 3.8) is 0 Å². The quantitative estimate of drug-likeness (QED) is 0.699. The zero-order chi connectivity index (χ0) is 9.68. The van der Waals surface area contributed by atoms with Crippen molar-refractivity contribution in [3.8, 4) is 0 Å². The van der Waals surface area contributed by atoms with Crippen LogP contribution in [0.3, 0.4) is 0 Å². The van der Waals surface area contributed by atoms with Crippen LogP contribution in [0.5, 0.6) is 0 Å². The van der Waals surface area contributed by atoms with Gasteiger partial charge in [-0.25, -0.2) is 0 Å². The third kappa shape index (κ3) is 2.76. The molecule has 0 radical (unpaired) electrons. The molecule has 1 rings (SSSR count). The van der Waals surface area contributed by atoms with Crippen LogP contribution < -0.4 is 5.73 Å². The molecular formula is C12H19N. The topological polar surface area (TPSA) is 26.0 Å². The predicted octanol–water partition coefficient (Wildman–Crippen LogP) is 3.56. The molecule has 0 amide bonds. The lowest BCUT2D eigenvalue weighted by Crippen LogP contribution is -1.97. The largest absolute Gasteiger partial charge is 0.399 e. The van der Waals surface area contributed by atoms with Crippen LogP contribution in [-0.2, 0) is 0 Å². The molecule has 1 aromatic carbocycles. The molecule has 0 bridgehead atoms. The summed E-state index contributed by atoms with van der Waals surface area (Å²) in [5.41, 5.74) is 7.93. The average molecular weight is 177 g/mol. The molecule has 0 spiro atoms. The maximum absolute atomic E-state index is 5.64. The van der Waals surface area contributed by atoms with Crippen molar-refractivity contribution in [3.05, 3.63) is 29.8 Å². The van der Waals surface area contributed by atoms with Crippen LogP contribution >= 0.6 is 0 Å². The van der Waals surface area contributed by atoms with Crippen LogP contribution in [0.15, 0.2) is 24.3 Å². The summed E-state index contributed by atoms with van der Waals surface area (Å²) < 4.78 is 0. The van der Waals surface area contributed by atoms with Crippen molar-refractivity contribution in [2.75, 3.05) is 5.73 Å². The number of benzene rings is 1. The fourth-order valence-electron chi connectivity index (χ4n) is 1.72. The minimum Gasteiger partial charge on any atom is -0.399 e. The summed E-state index contributed by atoms with van der Waals surface area (Å²) in [5, 5.41) is 0. The van der Waals surface area contributed by atoms with Crippen LogP contribution in [0.2, 0.25) is 0 Å². The highest BCUT2D eigenvalue weighted by Gasteiger charge is 2.06. The van der Waals surface area contributed by atoms with Crippen molar-refractivity contribution in [2.45, 2.75) is 39.0 Å². The van der Waals surface area contributed by atoms with Gasteiger partial charge in [-0.3, -0.25) is 0 Å². The van der Waals surface area contributed by atoms with E-state index in [-0.39, 0.29) is 0 Å². The van der Waals surface area contributed by atoms with Crippen LogP contribution in [0, 0.1) is 0 Å². The molecule has 0 aliphatic heterocycles. The highest BCUT2D eigenvalue weighted by atomic mass is 14.5. The van der Waals surface area contributed by atoms with Crippen molar-refractivity contribution in [1.29, 1.82) is 0 Å². The Morgan fingerprint density at radius 1 is 1.15 bits per heavy atom. The third-order valence-electron chi connectivity index (χ3n) is 2.54. The molecule has 0 saturated heterocycles. The van der Waals surface area contributed by atoms with E-state index < -0.39 is 0 Å². The van der Waals surface area contributed by atoms with E-state index in [1.54, 1.807) is 0 Å². The van der Waals surface area contributed by atoms with Gasteiger partial charge in [0, 0.05) is 5.69 Å². The molecule has 0 heterocycles. The van der Waals surface area contributed by atoms with Gasteiger partial charge in [-0.05, 0) is 36.5 Å². The third-order valence-corrected chi connectivity index (χ3v) is 2.54. The van der Waals surface area contributed by atoms with Gasteiger partial charge >= 0.3 is 0 Å². The van der Waals surface area contributed by atoms with Crippen LogP contribution in [-0.4, -0.2) is 0 Å². The molecule has 0 aliphatic carbocycles. The molecule has 0 fully saturated rings. The average Bonchev–Trinajstić information content (AvgIpc) is 2.16. The smallest absolute Gasteiger partial charge is 0.0314 e. The van der Waals surface area contributed by atoms with Crippen LogP contribution in [0.25, 0.3) is 0 Å². The summed E-state index contributed by atoms with van der Waals surface area (Å²) in [6, 6.07) is 8.29. The molecular weight excluding hydrogens is 158 g/mol. The standard InChI is InChI=1S/C12H19N/c1-3-5-10(4-2)11-6-8-12(13)9-7-11/h6-10H,3-5,13H2,1-2H3. The molecule has 0 aliphatic rings.